The molecule has 0 radical (unpaired) electrons. The van der Waals surface area contributed by atoms with Gasteiger partial charge in [0.2, 0.25) is 0 Å². The lowest BCUT2D eigenvalue weighted by molar-refractivity contribution is 0.105. The second-order valence-electron chi connectivity index (χ2n) is 6.34. The van der Waals surface area contributed by atoms with E-state index in [-0.39, 0.29) is 0 Å². The topological polar surface area (TPSA) is 15.3 Å². The molecule has 114 valence electrons. The maximum Gasteiger partial charge on any atom is 0.0332 e. The van der Waals surface area contributed by atoms with Crippen molar-refractivity contribution in [1.29, 1.82) is 0 Å². The number of rotatable bonds is 6. The lowest BCUT2D eigenvalue weighted by atomic mass is 9.97. The Morgan fingerprint density at radius 2 is 2.30 bits per heavy atom. The van der Waals surface area contributed by atoms with Crippen LogP contribution in [0.5, 0.6) is 0 Å². The van der Waals surface area contributed by atoms with Crippen molar-refractivity contribution in [3.05, 3.63) is 20.8 Å². The van der Waals surface area contributed by atoms with Crippen LogP contribution in [0.2, 0.25) is 0 Å². The normalized spacial score (nSPS) is 24.4. The number of piperazine rings is 1. The largest absolute Gasteiger partial charge is 0.311 e. The highest BCUT2D eigenvalue weighted by molar-refractivity contribution is 9.10. The van der Waals surface area contributed by atoms with Gasteiger partial charge in [-0.15, -0.1) is 11.3 Å². The number of hydrogen-bond acceptors (Lipinski definition) is 3. The van der Waals surface area contributed by atoms with E-state index in [2.05, 4.69) is 58.4 Å². The Labute approximate surface area is 136 Å². The summed E-state index contributed by atoms with van der Waals surface area (Å²) in [6.45, 7) is 10.4. The zero-order valence-electron chi connectivity index (χ0n) is 12.9. The minimum Gasteiger partial charge on any atom is -0.311 e. The summed E-state index contributed by atoms with van der Waals surface area (Å²) >= 11 is 5.44. The van der Waals surface area contributed by atoms with Crippen LogP contribution in [-0.4, -0.2) is 30.1 Å². The Morgan fingerprint density at radius 1 is 1.50 bits per heavy atom. The first-order valence-corrected chi connectivity index (χ1v) is 9.46. The van der Waals surface area contributed by atoms with E-state index in [9.17, 15) is 0 Å². The summed E-state index contributed by atoms with van der Waals surface area (Å²) in [5.74, 6) is 0.766. The third-order valence-electron chi connectivity index (χ3n) is 3.97. The van der Waals surface area contributed by atoms with Crippen LogP contribution in [0.1, 0.15) is 44.9 Å². The van der Waals surface area contributed by atoms with E-state index in [0.29, 0.717) is 12.1 Å². The molecule has 1 N–H and O–H groups in total. The number of thiophene rings is 1. The molecule has 0 aromatic carbocycles. The summed E-state index contributed by atoms with van der Waals surface area (Å²) in [7, 11) is 0. The van der Waals surface area contributed by atoms with Crippen LogP contribution in [-0.2, 0) is 6.54 Å². The molecule has 2 atom stereocenters. The Morgan fingerprint density at radius 3 is 2.90 bits per heavy atom. The summed E-state index contributed by atoms with van der Waals surface area (Å²) in [4.78, 5) is 4.18. The van der Waals surface area contributed by atoms with Crippen LogP contribution in [0.4, 0.5) is 0 Å². The van der Waals surface area contributed by atoms with Crippen LogP contribution < -0.4 is 5.32 Å². The molecule has 1 aromatic rings. The van der Waals surface area contributed by atoms with E-state index in [1.807, 2.05) is 11.3 Å². The van der Waals surface area contributed by atoms with Crippen LogP contribution in [0, 0.1) is 5.92 Å². The van der Waals surface area contributed by atoms with E-state index in [1.165, 1.54) is 35.2 Å². The van der Waals surface area contributed by atoms with E-state index < -0.39 is 0 Å². The highest BCUT2D eigenvalue weighted by atomic mass is 79.9. The van der Waals surface area contributed by atoms with Crippen LogP contribution in [0.3, 0.4) is 0 Å². The van der Waals surface area contributed by atoms with Crippen molar-refractivity contribution in [3.8, 4) is 0 Å². The zero-order valence-corrected chi connectivity index (χ0v) is 15.3. The summed E-state index contributed by atoms with van der Waals surface area (Å²) in [6, 6.07) is 3.63. The Bertz CT molecular complexity index is 405. The molecule has 0 saturated carbocycles. The van der Waals surface area contributed by atoms with Gasteiger partial charge in [-0.1, -0.05) is 27.2 Å². The molecule has 2 nitrogen and oxygen atoms in total. The second-order valence-corrected chi connectivity index (χ2v) is 8.25. The first-order valence-electron chi connectivity index (χ1n) is 7.78. The zero-order chi connectivity index (χ0) is 14.5. The van der Waals surface area contributed by atoms with Crippen molar-refractivity contribution in [2.75, 3.05) is 13.1 Å². The van der Waals surface area contributed by atoms with Gasteiger partial charge in [-0.25, -0.2) is 0 Å². The SMILES string of the molecule is CCCC1CN(Cc2cc(Br)cs2)C(CC(C)C)CN1. The van der Waals surface area contributed by atoms with Gasteiger partial charge in [0, 0.05) is 46.4 Å². The number of nitrogens with one attached hydrogen (secondary N) is 1. The molecular weight excluding hydrogens is 332 g/mol. The lowest BCUT2D eigenvalue weighted by Gasteiger charge is -2.41. The molecule has 1 aliphatic rings. The van der Waals surface area contributed by atoms with Gasteiger partial charge >= 0.3 is 0 Å². The van der Waals surface area contributed by atoms with Gasteiger partial charge in [0.1, 0.15) is 0 Å². The first kappa shape index (κ1) is 16.5. The predicted molar refractivity (Wildman–Crippen MR) is 92.4 cm³/mol. The molecule has 4 heteroatoms. The average molecular weight is 359 g/mol. The maximum absolute atomic E-state index is 3.75. The van der Waals surface area contributed by atoms with Gasteiger partial charge in [0.15, 0.2) is 0 Å². The molecule has 2 rings (SSSR count). The minimum absolute atomic E-state index is 0.673. The Kier molecular flexibility index (Phi) is 6.53. The molecule has 1 aliphatic heterocycles. The third-order valence-corrected chi connectivity index (χ3v) is 5.66. The standard InChI is InChI=1S/C16H27BrN2S/c1-4-5-14-9-19(10-16-7-13(17)11-20-16)15(8-18-14)6-12(2)3/h7,11-12,14-15,18H,4-6,8-10H2,1-3H3. The van der Waals surface area contributed by atoms with E-state index in [4.69, 9.17) is 0 Å². The van der Waals surface area contributed by atoms with Crippen molar-refractivity contribution < 1.29 is 0 Å². The van der Waals surface area contributed by atoms with Crippen molar-refractivity contribution in [2.45, 2.75) is 58.7 Å². The Hall–Kier alpha value is 0.1000. The van der Waals surface area contributed by atoms with Crippen LogP contribution in [0.15, 0.2) is 15.9 Å². The van der Waals surface area contributed by atoms with Crippen molar-refractivity contribution in [2.24, 2.45) is 5.92 Å². The monoisotopic (exact) mass is 358 g/mol. The fourth-order valence-corrected chi connectivity index (χ4v) is 4.55. The molecule has 0 amide bonds. The van der Waals surface area contributed by atoms with Gasteiger partial charge in [0.25, 0.3) is 0 Å². The fraction of sp³-hybridized carbons (Fsp3) is 0.750. The van der Waals surface area contributed by atoms with Crippen molar-refractivity contribution in [3.63, 3.8) is 0 Å². The summed E-state index contributed by atoms with van der Waals surface area (Å²) in [5, 5.41) is 5.94. The van der Waals surface area contributed by atoms with Gasteiger partial charge in [-0.3, -0.25) is 4.90 Å². The third kappa shape index (κ3) is 4.83. The highest BCUT2D eigenvalue weighted by Crippen LogP contribution is 2.25. The quantitative estimate of drug-likeness (QED) is 0.805. The molecule has 0 bridgehead atoms. The van der Waals surface area contributed by atoms with E-state index in [1.54, 1.807) is 0 Å². The summed E-state index contributed by atoms with van der Waals surface area (Å²) in [5.41, 5.74) is 0. The predicted octanol–water partition coefficient (Wildman–Crippen LogP) is 4.50. The van der Waals surface area contributed by atoms with Gasteiger partial charge < -0.3 is 5.32 Å². The van der Waals surface area contributed by atoms with Crippen molar-refractivity contribution >= 4 is 27.3 Å². The summed E-state index contributed by atoms with van der Waals surface area (Å²) in [6.07, 6.45) is 3.85. The molecule has 1 saturated heterocycles. The average Bonchev–Trinajstić information content (AvgIpc) is 2.78. The van der Waals surface area contributed by atoms with E-state index >= 15 is 0 Å². The molecule has 2 unspecified atom stereocenters. The first-order chi connectivity index (χ1) is 9.58. The van der Waals surface area contributed by atoms with E-state index in [0.717, 1.165) is 19.0 Å². The smallest absolute Gasteiger partial charge is 0.0332 e. The molecule has 1 aromatic heterocycles. The fourth-order valence-electron chi connectivity index (χ4n) is 3.08. The number of hydrogen-bond donors (Lipinski definition) is 1. The molecule has 0 spiro atoms. The van der Waals surface area contributed by atoms with Gasteiger partial charge in [0.05, 0.1) is 0 Å². The molecule has 2 heterocycles. The summed E-state index contributed by atoms with van der Waals surface area (Å²) < 4.78 is 1.22. The second kappa shape index (κ2) is 7.92. The van der Waals surface area contributed by atoms with Gasteiger partial charge in [-0.05, 0) is 40.8 Å². The molecule has 1 fully saturated rings. The van der Waals surface area contributed by atoms with Crippen LogP contribution >= 0.6 is 27.3 Å². The molecule has 20 heavy (non-hydrogen) atoms. The highest BCUT2D eigenvalue weighted by Gasteiger charge is 2.28. The lowest BCUT2D eigenvalue weighted by Crippen LogP contribution is -2.56. The number of nitrogens with zero attached hydrogens (tertiary/aromatic N) is 1. The Balaban J connectivity index is 2.00. The molecule has 0 aliphatic carbocycles. The maximum atomic E-state index is 3.75. The minimum atomic E-state index is 0.673. The molecular formula is C16H27BrN2S. The van der Waals surface area contributed by atoms with Crippen LogP contribution in [0.25, 0.3) is 0 Å². The van der Waals surface area contributed by atoms with Gasteiger partial charge in [-0.2, -0.15) is 0 Å². The van der Waals surface area contributed by atoms with Crippen molar-refractivity contribution in [1.82, 2.24) is 10.2 Å². The number of halogens is 1.